The van der Waals surface area contributed by atoms with Crippen molar-refractivity contribution < 1.29 is 74.5 Å². The summed E-state index contributed by atoms with van der Waals surface area (Å²) in [6, 6.07) is 36.2. The van der Waals surface area contributed by atoms with Crippen LogP contribution in [0.1, 0.15) is 114 Å². The van der Waals surface area contributed by atoms with Crippen LogP contribution in [-0.2, 0) is 86.1 Å². The number of nitrogens with one attached hydrogen (secondary N) is 1. The van der Waals surface area contributed by atoms with Crippen LogP contribution in [0.2, 0.25) is 33.2 Å². The predicted octanol–water partition coefficient (Wildman–Crippen LogP) is 12.5. The number of fused-ring (bicyclic) bond motifs is 1. The van der Waals surface area contributed by atoms with E-state index in [1.54, 1.807) is 18.2 Å². The molecule has 0 amide bonds. The molecule has 2 N–H and O–H groups in total. The number of sulfonamides is 1. The van der Waals surface area contributed by atoms with E-state index in [1.807, 2.05) is 105 Å². The average Bonchev–Trinajstić information content (AvgIpc) is 1.84. The molecule has 0 radical (unpaired) electrons. The van der Waals surface area contributed by atoms with Crippen molar-refractivity contribution in [1.82, 2.24) is 4.72 Å². The van der Waals surface area contributed by atoms with E-state index in [9.17, 15) is 18.3 Å². The first-order valence-corrected chi connectivity index (χ1v) is 38.1. The van der Waals surface area contributed by atoms with Crippen LogP contribution in [-0.4, -0.2) is 146 Å². The van der Waals surface area contributed by atoms with Crippen LogP contribution < -0.4 is 4.72 Å². The maximum absolute atomic E-state index is 14.7. The van der Waals surface area contributed by atoms with Crippen LogP contribution in [0.5, 0.6) is 0 Å². The monoisotopic (exact) mass is 1280 g/mol. The Bertz CT molecular complexity index is 2780. The fourth-order valence-electron chi connectivity index (χ4n) is 14.0. The number of carbonyl (C=O) groups excluding carboxylic acids is 1. The molecule has 17 nitrogen and oxygen atoms in total. The smallest absolute Gasteiger partial charge is 0.424 e. The molecule has 4 saturated heterocycles. The molecule has 0 bridgehead atoms. The summed E-state index contributed by atoms with van der Waals surface area (Å²) in [6.07, 6.45) is -15.7. The van der Waals surface area contributed by atoms with Crippen molar-refractivity contribution >= 4 is 44.6 Å². The van der Waals surface area contributed by atoms with E-state index in [0.717, 1.165) is 16.7 Å². The first-order valence-electron chi connectivity index (χ1n) is 31.3. The summed E-state index contributed by atoms with van der Waals surface area (Å²) in [5.41, 5.74) is 2.98. The molecular weight excluding hydrogens is 1180 g/mol. The Morgan fingerprint density at radius 2 is 0.943 bits per heavy atom. The molecule has 0 aromatic heterocycles. The molecule has 4 aliphatic rings. The largest absolute Gasteiger partial charge is 0.509 e. The van der Waals surface area contributed by atoms with Crippen molar-refractivity contribution in [3.8, 4) is 0 Å². The molecule has 0 saturated carbocycles. The Kier molecular flexibility index (Phi) is 24.8. The van der Waals surface area contributed by atoms with Gasteiger partial charge >= 0.3 is 6.16 Å². The van der Waals surface area contributed by atoms with Gasteiger partial charge < -0.3 is 61.3 Å². The summed E-state index contributed by atoms with van der Waals surface area (Å²) in [5.74, 6) is 0.508. The molecule has 0 aliphatic carbocycles. The van der Waals surface area contributed by atoms with Gasteiger partial charge in [0.25, 0.3) is 0 Å². The normalized spacial score (nSPS) is 29.1. The second-order valence-corrected chi connectivity index (χ2v) is 39.4. The third kappa shape index (κ3) is 16.2. The maximum Gasteiger partial charge on any atom is 0.509 e. The highest BCUT2D eigenvalue weighted by atomic mass is 32.2. The second-order valence-electron chi connectivity index (χ2n) is 25.4. The minimum absolute atomic E-state index is 0.00276. The molecule has 4 aromatic carbocycles. The minimum atomic E-state index is -4.31. The van der Waals surface area contributed by atoms with E-state index < -0.39 is 124 Å². The van der Waals surface area contributed by atoms with Crippen molar-refractivity contribution in [2.75, 3.05) is 19.0 Å². The summed E-state index contributed by atoms with van der Waals surface area (Å²) in [4.78, 5) is 13.9. The zero-order chi connectivity index (χ0) is 62.8. The van der Waals surface area contributed by atoms with Crippen molar-refractivity contribution in [1.29, 1.82) is 0 Å². The van der Waals surface area contributed by atoms with Gasteiger partial charge in [-0.05, 0) is 74.7 Å². The molecule has 4 fully saturated rings. The highest BCUT2D eigenvalue weighted by Gasteiger charge is 2.61. The zero-order valence-electron chi connectivity index (χ0n) is 53.3. The highest BCUT2D eigenvalue weighted by Crippen LogP contribution is 2.46. The van der Waals surface area contributed by atoms with Gasteiger partial charge in [-0.1, -0.05) is 199 Å². The SMILES string of the molecule is CCS[C@@H]1OC(CO[Si](C(C)C)(C(C)C)C(C)C)[C@H](O)C(O[C@@H]2OC(CO[Si](C(C)C)(C(C)C)C(C)C)[C@@H]3OC(=O)OC3C2O[C@@H]2OC(C)[C@@H](OCc3ccccc3)C(OCc3ccccc3)C2OCc2ccccc2)C1NS(=O)(=O)c1ccccc1. The van der Waals surface area contributed by atoms with E-state index in [4.69, 9.17) is 56.2 Å². The molecule has 482 valence electrons. The summed E-state index contributed by atoms with van der Waals surface area (Å²) < 4.78 is 116. The van der Waals surface area contributed by atoms with Crippen molar-refractivity contribution in [3.05, 3.63) is 138 Å². The minimum Gasteiger partial charge on any atom is -0.424 e. The van der Waals surface area contributed by atoms with Gasteiger partial charge in [0.15, 0.2) is 47.5 Å². The molecule has 87 heavy (non-hydrogen) atoms. The lowest BCUT2D eigenvalue weighted by Gasteiger charge is -2.51. The first kappa shape index (κ1) is 69.3. The number of benzene rings is 4. The molecule has 4 aromatic rings. The number of hydrogen-bond acceptors (Lipinski definition) is 17. The Balaban J connectivity index is 1.25. The van der Waals surface area contributed by atoms with Gasteiger partial charge in [-0.25, -0.2) is 17.9 Å². The van der Waals surface area contributed by atoms with E-state index >= 15 is 0 Å². The van der Waals surface area contributed by atoms with Crippen LogP contribution in [0.4, 0.5) is 4.79 Å². The third-order valence-corrected chi connectivity index (χ3v) is 32.7. The van der Waals surface area contributed by atoms with Crippen LogP contribution in [0.25, 0.3) is 0 Å². The average molecular weight is 1280 g/mol. The first-order chi connectivity index (χ1) is 41.5. The number of thioether (sulfide) groups is 1. The quantitative estimate of drug-likeness (QED) is 0.0369. The van der Waals surface area contributed by atoms with Gasteiger partial charge in [0.2, 0.25) is 10.0 Å². The topological polar surface area (TPSA) is 194 Å². The lowest BCUT2D eigenvalue weighted by Crippen LogP contribution is -2.68. The Labute approximate surface area is 524 Å². The lowest BCUT2D eigenvalue weighted by molar-refractivity contribution is -0.375. The van der Waals surface area contributed by atoms with Gasteiger partial charge in [0.1, 0.15) is 48.2 Å². The molecule has 0 spiro atoms. The van der Waals surface area contributed by atoms with Gasteiger partial charge in [0, 0.05) is 0 Å². The molecule has 4 aliphatic heterocycles. The summed E-state index contributed by atoms with van der Waals surface area (Å²) in [7, 11) is -9.51. The van der Waals surface area contributed by atoms with Gasteiger partial charge in [-0.15, -0.1) is 11.8 Å². The standard InChI is InChI=1S/C66H97NO16S2Si2/c1-15-84-65-54(67-85(70,71)51-34-26-19-27-35-51)58(55(68)52(79-65)39-75-86(41(2)3,42(4)5)43(6)7)80-64-62(60-57(82-66(69)83-60)53(78-64)40-76-87(44(8)9,45(10)11)46(12)13)81-63-61(74-38-50-32-24-18-25-33-50)59(73-37-49-30-22-17-23-31-49)56(47(14)77-63)72-36-48-28-20-16-21-29-48/h16-35,41-47,52-65,67-68H,15,36-40H2,1-14H3/t47?,52?,53?,54?,55-,56+,57-,58?,59?,60?,61?,62?,63-,64-,65-/m0/s1. The molecule has 21 heteroatoms. The van der Waals surface area contributed by atoms with E-state index in [2.05, 4.69) is 87.8 Å². The number of hydrogen-bond donors (Lipinski definition) is 2. The molecule has 8 rings (SSSR count). The van der Waals surface area contributed by atoms with E-state index in [0.29, 0.717) is 5.75 Å². The van der Waals surface area contributed by atoms with Crippen LogP contribution in [0.3, 0.4) is 0 Å². The fraction of sp³-hybridized carbons (Fsp3) is 0.621. The Hall–Kier alpha value is -3.60. The molecule has 9 unspecified atom stereocenters. The predicted molar refractivity (Wildman–Crippen MR) is 340 cm³/mol. The van der Waals surface area contributed by atoms with E-state index in [-0.39, 0.29) is 71.2 Å². The summed E-state index contributed by atoms with van der Waals surface area (Å²) >= 11 is 1.37. The number of ether oxygens (including phenoxy) is 10. The van der Waals surface area contributed by atoms with Crippen LogP contribution in [0.15, 0.2) is 126 Å². The number of aliphatic hydroxyl groups excluding tert-OH is 1. The Morgan fingerprint density at radius 1 is 0.529 bits per heavy atom. The van der Waals surface area contributed by atoms with Gasteiger partial charge in [0.05, 0.1) is 50.1 Å². The fourth-order valence-corrected chi connectivity index (χ4v) is 27.3. The molecule has 15 atom stereocenters. The van der Waals surface area contributed by atoms with Crippen LogP contribution in [0, 0.1) is 0 Å². The lowest BCUT2D eigenvalue weighted by atomic mass is 9.95. The van der Waals surface area contributed by atoms with Gasteiger partial charge in [-0.2, -0.15) is 0 Å². The van der Waals surface area contributed by atoms with E-state index in [1.165, 1.54) is 23.9 Å². The third-order valence-electron chi connectivity index (χ3n) is 18.0. The number of rotatable bonds is 30. The summed E-state index contributed by atoms with van der Waals surface area (Å²) in [5, 5.41) is 13.1. The molecule has 4 heterocycles. The van der Waals surface area contributed by atoms with Gasteiger partial charge in [-0.3, -0.25) is 0 Å². The molecular formula is C66H97NO16S2Si2. The Morgan fingerprint density at radius 3 is 1.41 bits per heavy atom. The van der Waals surface area contributed by atoms with Crippen molar-refractivity contribution in [2.24, 2.45) is 0 Å². The number of carbonyl (C=O) groups is 1. The van der Waals surface area contributed by atoms with Crippen molar-refractivity contribution in [3.63, 3.8) is 0 Å². The summed E-state index contributed by atoms with van der Waals surface area (Å²) in [6.45, 7) is 30.6. The van der Waals surface area contributed by atoms with Crippen LogP contribution >= 0.6 is 11.8 Å². The number of aliphatic hydroxyl groups is 1. The highest BCUT2D eigenvalue weighted by molar-refractivity contribution is 7.99. The second kappa shape index (κ2) is 31.1. The maximum atomic E-state index is 14.7. The van der Waals surface area contributed by atoms with Crippen molar-refractivity contribution in [2.45, 2.75) is 246 Å². The zero-order valence-corrected chi connectivity index (χ0v) is 56.9.